The zero-order valence-corrected chi connectivity index (χ0v) is 14.0. The number of hydrogen-bond acceptors (Lipinski definition) is 3. The van der Waals surface area contributed by atoms with Crippen molar-refractivity contribution in [3.05, 3.63) is 27.7 Å². The highest BCUT2D eigenvalue weighted by Gasteiger charge is 2.26. The molecule has 4 nitrogen and oxygen atoms in total. The summed E-state index contributed by atoms with van der Waals surface area (Å²) in [5.74, 6) is 1.13. The van der Waals surface area contributed by atoms with Gasteiger partial charge in [-0.1, -0.05) is 18.0 Å². The van der Waals surface area contributed by atoms with E-state index in [0.717, 1.165) is 23.7 Å². The first-order valence-corrected chi connectivity index (χ1v) is 8.22. The van der Waals surface area contributed by atoms with Crippen molar-refractivity contribution in [3.8, 4) is 5.75 Å². The number of amides is 1. The average molecular weight is 377 g/mol. The summed E-state index contributed by atoms with van der Waals surface area (Å²) in [6.07, 6.45) is 3.24. The van der Waals surface area contributed by atoms with Crippen LogP contribution in [-0.4, -0.2) is 30.8 Å². The van der Waals surface area contributed by atoms with E-state index in [1.165, 1.54) is 0 Å². The molecule has 1 amide bonds. The Balaban J connectivity index is 1.74. The van der Waals surface area contributed by atoms with Crippen molar-refractivity contribution < 1.29 is 14.6 Å². The highest BCUT2D eigenvalue weighted by atomic mass is 79.9. The van der Waals surface area contributed by atoms with Gasteiger partial charge in [-0.3, -0.25) is 4.79 Å². The molecule has 1 aromatic carbocycles. The van der Waals surface area contributed by atoms with E-state index in [4.69, 9.17) is 16.3 Å². The SMILES string of the molecule is O=C(COc1ccc(Cl)cc1Br)NCC1CCCC1CO. The molecule has 21 heavy (non-hydrogen) atoms. The van der Waals surface area contributed by atoms with Crippen LogP contribution >= 0.6 is 27.5 Å². The first-order valence-electron chi connectivity index (χ1n) is 7.05. The number of carbonyl (C=O) groups is 1. The molecule has 1 aliphatic rings. The molecular formula is C15H19BrClNO3. The fraction of sp³-hybridized carbons (Fsp3) is 0.533. The third kappa shape index (κ3) is 4.87. The van der Waals surface area contributed by atoms with Crippen LogP contribution in [0.3, 0.4) is 0 Å². The number of benzene rings is 1. The zero-order valence-electron chi connectivity index (χ0n) is 11.6. The maximum absolute atomic E-state index is 11.8. The molecule has 1 aromatic rings. The van der Waals surface area contributed by atoms with Gasteiger partial charge in [-0.2, -0.15) is 0 Å². The molecule has 0 aromatic heterocycles. The topological polar surface area (TPSA) is 58.6 Å². The molecule has 0 radical (unpaired) electrons. The quantitative estimate of drug-likeness (QED) is 0.802. The minimum absolute atomic E-state index is 0.0310. The van der Waals surface area contributed by atoms with Crippen LogP contribution in [-0.2, 0) is 4.79 Å². The van der Waals surface area contributed by atoms with Crippen molar-refractivity contribution in [1.29, 1.82) is 0 Å². The predicted octanol–water partition coefficient (Wildman–Crippen LogP) is 3.01. The van der Waals surface area contributed by atoms with Crippen LogP contribution < -0.4 is 10.1 Å². The van der Waals surface area contributed by atoms with E-state index in [0.29, 0.717) is 29.2 Å². The van der Waals surface area contributed by atoms with Gasteiger partial charge in [-0.25, -0.2) is 0 Å². The van der Waals surface area contributed by atoms with E-state index < -0.39 is 0 Å². The number of halogens is 2. The smallest absolute Gasteiger partial charge is 0.257 e. The lowest BCUT2D eigenvalue weighted by molar-refractivity contribution is -0.123. The summed E-state index contributed by atoms with van der Waals surface area (Å²) >= 11 is 9.18. The minimum atomic E-state index is -0.152. The van der Waals surface area contributed by atoms with Crippen molar-refractivity contribution in [2.24, 2.45) is 11.8 Å². The summed E-state index contributed by atoms with van der Waals surface area (Å²) in [6, 6.07) is 5.15. The van der Waals surface area contributed by atoms with Crippen LogP contribution in [0.15, 0.2) is 22.7 Å². The molecule has 1 aliphatic carbocycles. The van der Waals surface area contributed by atoms with Gasteiger partial charge in [0.25, 0.3) is 5.91 Å². The molecule has 0 spiro atoms. The Morgan fingerprint density at radius 3 is 2.90 bits per heavy atom. The Bertz CT molecular complexity index is 498. The van der Waals surface area contributed by atoms with Gasteiger partial charge >= 0.3 is 0 Å². The summed E-state index contributed by atoms with van der Waals surface area (Å²) in [4.78, 5) is 11.8. The highest BCUT2D eigenvalue weighted by Crippen LogP contribution is 2.30. The van der Waals surface area contributed by atoms with Crippen molar-refractivity contribution in [2.45, 2.75) is 19.3 Å². The summed E-state index contributed by atoms with van der Waals surface area (Å²) in [5, 5.41) is 12.7. The molecular weight excluding hydrogens is 358 g/mol. The van der Waals surface area contributed by atoms with Crippen molar-refractivity contribution in [2.75, 3.05) is 19.8 Å². The van der Waals surface area contributed by atoms with Crippen molar-refractivity contribution >= 4 is 33.4 Å². The number of carbonyl (C=O) groups excluding carboxylic acids is 1. The molecule has 0 saturated heterocycles. The predicted molar refractivity (Wildman–Crippen MR) is 85.6 cm³/mol. The van der Waals surface area contributed by atoms with E-state index in [-0.39, 0.29) is 19.1 Å². The second-order valence-corrected chi connectivity index (χ2v) is 6.59. The molecule has 0 bridgehead atoms. The fourth-order valence-corrected chi connectivity index (χ4v) is 3.45. The highest BCUT2D eigenvalue weighted by molar-refractivity contribution is 9.10. The number of ether oxygens (including phenoxy) is 1. The second kappa shape index (κ2) is 8.01. The summed E-state index contributed by atoms with van der Waals surface area (Å²) in [5.41, 5.74) is 0. The molecule has 0 heterocycles. The lowest BCUT2D eigenvalue weighted by atomic mass is 9.97. The van der Waals surface area contributed by atoms with Gasteiger partial charge in [-0.15, -0.1) is 0 Å². The van der Waals surface area contributed by atoms with Crippen LogP contribution in [0.25, 0.3) is 0 Å². The van der Waals surface area contributed by atoms with Gasteiger partial charge in [0, 0.05) is 18.2 Å². The normalized spacial score (nSPS) is 21.3. The monoisotopic (exact) mass is 375 g/mol. The number of rotatable bonds is 6. The summed E-state index contributed by atoms with van der Waals surface area (Å²) < 4.78 is 6.18. The largest absolute Gasteiger partial charge is 0.483 e. The lowest BCUT2D eigenvalue weighted by Crippen LogP contribution is -2.34. The molecule has 1 fully saturated rings. The molecule has 2 rings (SSSR count). The zero-order chi connectivity index (χ0) is 15.2. The number of hydrogen-bond donors (Lipinski definition) is 2. The van der Waals surface area contributed by atoms with Crippen LogP contribution in [0.2, 0.25) is 5.02 Å². The van der Waals surface area contributed by atoms with Gasteiger partial charge in [0.2, 0.25) is 0 Å². The average Bonchev–Trinajstić information content (AvgIpc) is 2.91. The number of aliphatic hydroxyl groups is 1. The first kappa shape index (κ1) is 16.6. The third-order valence-corrected chi connectivity index (χ3v) is 4.72. The third-order valence-electron chi connectivity index (χ3n) is 3.87. The molecule has 116 valence electrons. The van der Waals surface area contributed by atoms with Crippen LogP contribution in [0.5, 0.6) is 5.75 Å². The van der Waals surface area contributed by atoms with Gasteiger partial charge in [0.15, 0.2) is 6.61 Å². The first-order chi connectivity index (χ1) is 10.1. The Morgan fingerprint density at radius 1 is 1.43 bits per heavy atom. The van der Waals surface area contributed by atoms with Gasteiger partial charge < -0.3 is 15.2 Å². The molecule has 6 heteroatoms. The molecule has 1 saturated carbocycles. The van der Waals surface area contributed by atoms with Crippen LogP contribution in [0, 0.1) is 11.8 Å². The Morgan fingerprint density at radius 2 is 2.19 bits per heavy atom. The van der Waals surface area contributed by atoms with Gasteiger partial charge in [0.05, 0.1) is 4.47 Å². The lowest BCUT2D eigenvalue weighted by Gasteiger charge is -2.18. The van der Waals surface area contributed by atoms with E-state index in [9.17, 15) is 9.90 Å². The summed E-state index contributed by atoms with van der Waals surface area (Å²) in [6.45, 7) is 0.778. The van der Waals surface area contributed by atoms with E-state index in [1.807, 2.05) is 0 Å². The Kier molecular flexibility index (Phi) is 6.33. The van der Waals surface area contributed by atoms with E-state index >= 15 is 0 Å². The van der Waals surface area contributed by atoms with E-state index in [2.05, 4.69) is 21.2 Å². The molecule has 2 unspecified atom stereocenters. The molecule has 0 aliphatic heterocycles. The fourth-order valence-electron chi connectivity index (χ4n) is 2.65. The summed E-state index contributed by atoms with van der Waals surface area (Å²) in [7, 11) is 0. The maximum Gasteiger partial charge on any atom is 0.257 e. The number of nitrogens with one attached hydrogen (secondary N) is 1. The van der Waals surface area contributed by atoms with Gasteiger partial charge in [0.1, 0.15) is 5.75 Å². The van der Waals surface area contributed by atoms with Crippen LogP contribution in [0.4, 0.5) is 0 Å². The Hall–Kier alpha value is -0.780. The maximum atomic E-state index is 11.8. The standard InChI is InChI=1S/C15H19BrClNO3/c16-13-6-12(17)4-5-14(13)21-9-15(20)18-7-10-2-1-3-11(10)8-19/h4-6,10-11,19H,1-3,7-9H2,(H,18,20). The molecule has 2 atom stereocenters. The second-order valence-electron chi connectivity index (χ2n) is 5.30. The van der Waals surface area contributed by atoms with Crippen molar-refractivity contribution in [1.82, 2.24) is 5.32 Å². The van der Waals surface area contributed by atoms with Crippen LogP contribution in [0.1, 0.15) is 19.3 Å². The van der Waals surface area contributed by atoms with E-state index in [1.54, 1.807) is 18.2 Å². The van der Waals surface area contributed by atoms with Gasteiger partial charge in [-0.05, 0) is 58.8 Å². The Labute approximate surface area is 138 Å². The minimum Gasteiger partial charge on any atom is -0.483 e. The number of aliphatic hydroxyl groups excluding tert-OH is 1. The van der Waals surface area contributed by atoms with Crippen molar-refractivity contribution in [3.63, 3.8) is 0 Å². The molecule has 2 N–H and O–H groups in total.